The third-order valence-electron chi connectivity index (χ3n) is 2.01. The van der Waals surface area contributed by atoms with Crippen LogP contribution in [0.5, 0.6) is 6.01 Å². The molecule has 0 aliphatic carbocycles. The van der Waals surface area contributed by atoms with Crippen LogP contribution in [0.4, 0.5) is 17.6 Å². The normalized spacial score (nSPS) is 10.2. The average Bonchev–Trinajstić information content (AvgIpc) is 2.33. The Balaban J connectivity index is 2.37. The fraction of sp³-hybridized carbons (Fsp3) is 0.100. The molecule has 0 unspecified atom stereocenters. The summed E-state index contributed by atoms with van der Waals surface area (Å²) in [7, 11) is 1.43. The highest BCUT2D eigenvalue weighted by Gasteiger charge is 2.09. The summed E-state index contributed by atoms with van der Waals surface area (Å²) in [4.78, 5) is 11.6. The Hall–Kier alpha value is -1.79. The largest absolute Gasteiger partial charge is 0.467 e. The van der Waals surface area contributed by atoms with Crippen molar-refractivity contribution >= 4 is 40.8 Å². The van der Waals surface area contributed by atoms with Crippen molar-refractivity contribution in [3.05, 3.63) is 28.2 Å². The molecule has 94 valence electrons. The molecule has 0 saturated heterocycles. The number of anilines is 3. The Morgan fingerprint density at radius 3 is 2.44 bits per heavy atom. The van der Waals surface area contributed by atoms with Gasteiger partial charge < -0.3 is 15.8 Å². The lowest BCUT2D eigenvalue weighted by Gasteiger charge is -2.09. The quantitative estimate of drug-likeness (QED) is 0.901. The third kappa shape index (κ3) is 2.72. The monoisotopic (exact) mass is 285 g/mol. The molecule has 2 rings (SSSR count). The minimum atomic E-state index is 0.0347. The van der Waals surface area contributed by atoms with Crippen LogP contribution >= 0.6 is 23.2 Å². The van der Waals surface area contributed by atoms with Crippen LogP contribution in [0, 0.1) is 0 Å². The fourth-order valence-corrected chi connectivity index (χ4v) is 1.74. The molecule has 0 aliphatic rings. The van der Waals surface area contributed by atoms with Gasteiger partial charge >= 0.3 is 6.01 Å². The van der Waals surface area contributed by atoms with E-state index in [1.807, 2.05) is 0 Å². The van der Waals surface area contributed by atoms with Crippen molar-refractivity contribution in [1.82, 2.24) is 15.0 Å². The molecular weight excluding hydrogens is 277 g/mol. The number of para-hydroxylation sites is 1. The van der Waals surface area contributed by atoms with Gasteiger partial charge in [-0.15, -0.1) is 0 Å². The highest BCUT2D eigenvalue weighted by Crippen LogP contribution is 2.31. The number of hydrogen-bond acceptors (Lipinski definition) is 6. The van der Waals surface area contributed by atoms with Crippen molar-refractivity contribution < 1.29 is 4.74 Å². The Kier molecular flexibility index (Phi) is 3.69. The first kappa shape index (κ1) is 12.7. The Bertz CT molecular complexity index is 558. The molecule has 0 bridgehead atoms. The minimum Gasteiger partial charge on any atom is -0.467 e. The van der Waals surface area contributed by atoms with Crippen LogP contribution in [0.3, 0.4) is 0 Å². The number of rotatable bonds is 3. The van der Waals surface area contributed by atoms with E-state index in [0.717, 1.165) is 0 Å². The SMILES string of the molecule is COc1nc(N)nc(Nc2c(Cl)cccc2Cl)n1. The first-order valence-electron chi connectivity index (χ1n) is 4.86. The van der Waals surface area contributed by atoms with E-state index in [4.69, 9.17) is 33.7 Å². The topological polar surface area (TPSA) is 86.0 Å². The van der Waals surface area contributed by atoms with E-state index in [1.54, 1.807) is 18.2 Å². The van der Waals surface area contributed by atoms with Crippen molar-refractivity contribution in [2.45, 2.75) is 0 Å². The maximum atomic E-state index is 6.01. The zero-order valence-electron chi connectivity index (χ0n) is 9.32. The first-order valence-corrected chi connectivity index (χ1v) is 5.62. The number of halogens is 2. The highest BCUT2D eigenvalue weighted by atomic mass is 35.5. The molecule has 0 spiro atoms. The summed E-state index contributed by atoms with van der Waals surface area (Å²) in [5.74, 6) is 0.238. The average molecular weight is 286 g/mol. The number of nitrogen functional groups attached to an aromatic ring is 1. The van der Waals surface area contributed by atoms with Crippen molar-refractivity contribution in [2.24, 2.45) is 0 Å². The van der Waals surface area contributed by atoms with E-state index >= 15 is 0 Å². The molecule has 8 heteroatoms. The number of nitrogens with two attached hydrogens (primary N) is 1. The van der Waals surface area contributed by atoms with Gasteiger partial charge in [-0.25, -0.2) is 0 Å². The van der Waals surface area contributed by atoms with Crippen LogP contribution < -0.4 is 15.8 Å². The summed E-state index contributed by atoms with van der Waals surface area (Å²) < 4.78 is 4.89. The molecule has 1 aromatic heterocycles. The minimum absolute atomic E-state index is 0.0347. The smallest absolute Gasteiger partial charge is 0.322 e. The standard InChI is InChI=1S/C10H9Cl2N5O/c1-18-10-16-8(13)15-9(17-10)14-7-5(11)3-2-4-6(7)12/h2-4H,1H3,(H3,13,14,15,16,17). The van der Waals surface area contributed by atoms with Gasteiger partial charge in [0.2, 0.25) is 11.9 Å². The first-order chi connectivity index (χ1) is 8.60. The molecule has 2 aromatic rings. The van der Waals surface area contributed by atoms with Crippen LogP contribution in [0.25, 0.3) is 0 Å². The fourth-order valence-electron chi connectivity index (χ4n) is 1.25. The van der Waals surface area contributed by atoms with Gasteiger partial charge in [0.25, 0.3) is 0 Å². The summed E-state index contributed by atoms with van der Waals surface area (Å²) in [5, 5.41) is 3.76. The summed E-state index contributed by atoms with van der Waals surface area (Å²) in [6.07, 6.45) is 0. The van der Waals surface area contributed by atoms with Crippen molar-refractivity contribution in [2.75, 3.05) is 18.2 Å². The van der Waals surface area contributed by atoms with Crippen molar-refractivity contribution in [1.29, 1.82) is 0 Å². The molecule has 0 amide bonds. The maximum Gasteiger partial charge on any atom is 0.322 e. The second-order valence-corrected chi connectivity index (χ2v) is 4.04. The zero-order valence-corrected chi connectivity index (χ0v) is 10.8. The van der Waals surface area contributed by atoms with E-state index in [-0.39, 0.29) is 17.9 Å². The van der Waals surface area contributed by atoms with Crippen LogP contribution in [0.1, 0.15) is 0 Å². The number of aromatic nitrogens is 3. The Labute approximate surface area is 113 Å². The van der Waals surface area contributed by atoms with Crippen LogP contribution in [0.2, 0.25) is 10.0 Å². The summed E-state index contributed by atoms with van der Waals surface area (Å²) in [6, 6.07) is 5.22. The highest BCUT2D eigenvalue weighted by molar-refractivity contribution is 6.39. The van der Waals surface area contributed by atoms with E-state index in [2.05, 4.69) is 20.3 Å². The lowest BCUT2D eigenvalue weighted by atomic mass is 10.3. The van der Waals surface area contributed by atoms with Gasteiger partial charge in [0.15, 0.2) is 0 Å². The molecule has 0 aliphatic heterocycles. The van der Waals surface area contributed by atoms with Crippen LogP contribution in [-0.2, 0) is 0 Å². The molecule has 0 atom stereocenters. The molecule has 1 aromatic carbocycles. The second-order valence-electron chi connectivity index (χ2n) is 3.23. The lowest BCUT2D eigenvalue weighted by molar-refractivity contribution is 0.380. The number of nitrogens with one attached hydrogen (secondary N) is 1. The van der Waals surface area contributed by atoms with Gasteiger partial charge in [-0.05, 0) is 12.1 Å². The van der Waals surface area contributed by atoms with Crippen molar-refractivity contribution in [3.8, 4) is 6.01 Å². The van der Waals surface area contributed by atoms with Crippen LogP contribution in [0.15, 0.2) is 18.2 Å². The molecule has 0 fully saturated rings. The molecule has 3 N–H and O–H groups in total. The van der Waals surface area contributed by atoms with E-state index in [0.29, 0.717) is 15.7 Å². The number of ether oxygens (including phenoxy) is 1. The lowest BCUT2D eigenvalue weighted by Crippen LogP contribution is -2.05. The van der Waals surface area contributed by atoms with Gasteiger partial charge in [-0.2, -0.15) is 15.0 Å². The molecule has 6 nitrogen and oxygen atoms in total. The van der Waals surface area contributed by atoms with E-state index < -0.39 is 0 Å². The van der Waals surface area contributed by atoms with Gasteiger partial charge in [-0.1, -0.05) is 29.3 Å². The number of benzene rings is 1. The van der Waals surface area contributed by atoms with Crippen LogP contribution in [-0.4, -0.2) is 22.1 Å². The second kappa shape index (κ2) is 5.24. The zero-order chi connectivity index (χ0) is 13.1. The summed E-state index contributed by atoms with van der Waals surface area (Å²) in [5.41, 5.74) is 6.01. The predicted octanol–water partition coefficient (Wildman–Crippen LogP) is 2.51. The van der Waals surface area contributed by atoms with Gasteiger partial charge in [0.1, 0.15) is 0 Å². The molecule has 0 radical (unpaired) electrons. The summed E-state index contributed by atoms with van der Waals surface area (Å²) in [6.45, 7) is 0. The number of hydrogen-bond donors (Lipinski definition) is 2. The predicted molar refractivity (Wildman–Crippen MR) is 70.5 cm³/mol. The molecule has 18 heavy (non-hydrogen) atoms. The third-order valence-corrected chi connectivity index (χ3v) is 2.64. The van der Waals surface area contributed by atoms with Crippen molar-refractivity contribution in [3.63, 3.8) is 0 Å². The number of methoxy groups -OCH3 is 1. The van der Waals surface area contributed by atoms with Gasteiger partial charge in [0, 0.05) is 0 Å². The van der Waals surface area contributed by atoms with E-state index in [9.17, 15) is 0 Å². The van der Waals surface area contributed by atoms with E-state index in [1.165, 1.54) is 7.11 Å². The summed E-state index contributed by atoms with van der Waals surface area (Å²) >= 11 is 12.0. The Morgan fingerprint density at radius 1 is 1.17 bits per heavy atom. The van der Waals surface area contributed by atoms with Gasteiger partial charge in [-0.3, -0.25) is 0 Å². The number of nitrogens with zero attached hydrogens (tertiary/aromatic N) is 3. The maximum absolute atomic E-state index is 6.01. The molecular formula is C10H9Cl2N5O. The molecule has 1 heterocycles. The molecule has 0 saturated carbocycles. The Morgan fingerprint density at radius 2 is 1.83 bits per heavy atom. The van der Waals surface area contributed by atoms with Gasteiger partial charge in [0.05, 0.1) is 22.8 Å².